The van der Waals surface area contributed by atoms with Gasteiger partial charge in [0.15, 0.2) is 0 Å². The molecule has 58 valence electrons. The van der Waals surface area contributed by atoms with E-state index in [1.54, 1.807) is 12.1 Å². The summed E-state index contributed by atoms with van der Waals surface area (Å²) in [6, 6.07) is 5.34. The van der Waals surface area contributed by atoms with Crippen molar-refractivity contribution in [1.29, 1.82) is 0 Å². The van der Waals surface area contributed by atoms with Gasteiger partial charge >= 0.3 is 0 Å². The third kappa shape index (κ3) is 2.34. The molecule has 1 N–H and O–H groups in total. The maximum Gasteiger partial charge on any atom is 0.211 e. The van der Waals surface area contributed by atoms with E-state index in [4.69, 9.17) is 11.6 Å². The fourth-order valence-corrected chi connectivity index (χ4v) is 1.17. The second-order valence-corrected chi connectivity index (χ2v) is 3.46. The molecule has 0 aliphatic carbocycles. The summed E-state index contributed by atoms with van der Waals surface area (Å²) >= 11 is 7.91. The van der Waals surface area contributed by atoms with Gasteiger partial charge in [-0.25, -0.2) is 0 Å². The number of halogens is 2. The number of anilines is 1. The second kappa shape index (κ2) is 3.92. The summed E-state index contributed by atoms with van der Waals surface area (Å²) in [6.07, 6.45) is 0.624. The Morgan fingerprint density at radius 1 is 1.55 bits per heavy atom. The lowest BCUT2D eigenvalue weighted by Gasteiger charge is -1.99. The van der Waals surface area contributed by atoms with Crippen molar-refractivity contribution in [3.05, 3.63) is 26.8 Å². The topological polar surface area (TPSA) is 29.1 Å². The molecule has 0 fully saturated rings. The molecule has 1 amide bonds. The summed E-state index contributed by atoms with van der Waals surface area (Å²) in [5.74, 6) is 0. The summed E-state index contributed by atoms with van der Waals surface area (Å²) in [7, 11) is 0. The van der Waals surface area contributed by atoms with Crippen LogP contribution in [0.15, 0.2) is 18.2 Å². The fraction of sp³-hybridized carbons (Fsp3) is 0. The fourth-order valence-electron chi connectivity index (χ4n) is 0.654. The molecule has 1 aromatic carbocycles. The number of rotatable bonds is 2. The van der Waals surface area contributed by atoms with Crippen molar-refractivity contribution in [3.8, 4) is 0 Å². The zero-order valence-electron chi connectivity index (χ0n) is 5.47. The van der Waals surface area contributed by atoms with E-state index in [1.807, 2.05) is 6.07 Å². The highest BCUT2D eigenvalue weighted by molar-refractivity contribution is 14.1. The maximum atomic E-state index is 10.0. The number of hydrogen-bond donors (Lipinski definition) is 1. The van der Waals surface area contributed by atoms with Gasteiger partial charge in [-0.3, -0.25) is 4.79 Å². The summed E-state index contributed by atoms with van der Waals surface area (Å²) in [5, 5.41) is 3.16. The van der Waals surface area contributed by atoms with E-state index < -0.39 is 0 Å². The Bertz CT molecular complexity index is 277. The average Bonchev–Trinajstić information content (AvgIpc) is 1.98. The van der Waals surface area contributed by atoms with Crippen LogP contribution in [0, 0.1) is 3.57 Å². The van der Waals surface area contributed by atoms with E-state index in [9.17, 15) is 4.79 Å². The van der Waals surface area contributed by atoms with Crippen molar-refractivity contribution in [2.45, 2.75) is 0 Å². The van der Waals surface area contributed by atoms with Crippen molar-refractivity contribution < 1.29 is 4.79 Å². The van der Waals surface area contributed by atoms with E-state index >= 15 is 0 Å². The maximum absolute atomic E-state index is 10.0. The lowest BCUT2D eigenvalue weighted by atomic mass is 10.3. The Hall–Kier alpha value is -0.290. The Kier molecular flexibility index (Phi) is 3.14. The van der Waals surface area contributed by atoms with Crippen LogP contribution in [0.3, 0.4) is 0 Å². The van der Waals surface area contributed by atoms with Crippen molar-refractivity contribution in [3.63, 3.8) is 0 Å². The van der Waals surface area contributed by atoms with Gasteiger partial charge in [0.05, 0.1) is 5.02 Å². The minimum absolute atomic E-state index is 0.624. The molecule has 0 unspecified atom stereocenters. The van der Waals surface area contributed by atoms with Gasteiger partial charge < -0.3 is 5.32 Å². The monoisotopic (exact) mass is 281 g/mol. The Labute approximate surface area is 83.1 Å². The van der Waals surface area contributed by atoms with Gasteiger partial charge in [-0.05, 0) is 40.8 Å². The molecule has 0 aliphatic heterocycles. The lowest BCUT2D eigenvalue weighted by Crippen LogP contribution is -1.93. The van der Waals surface area contributed by atoms with E-state index in [1.165, 1.54) is 0 Å². The zero-order chi connectivity index (χ0) is 8.27. The van der Waals surface area contributed by atoms with Crippen molar-refractivity contribution >= 4 is 46.3 Å². The third-order valence-corrected chi connectivity index (χ3v) is 2.72. The van der Waals surface area contributed by atoms with Crippen LogP contribution in [0.2, 0.25) is 5.02 Å². The molecule has 0 atom stereocenters. The molecule has 4 heteroatoms. The van der Waals surface area contributed by atoms with Gasteiger partial charge in [0.1, 0.15) is 0 Å². The van der Waals surface area contributed by atoms with Crippen molar-refractivity contribution in [2.75, 3.05) is 5.32 Å². The lowest BCUT2D eigenvalue weighted by molar-refractivity contribution is -0.105. The van der Waals surface area contributed by atoms with Gasteiger partial charge in [0.2, 0.25) is 6.41 Å². The van der Waals surface area contributed by atoms with Crippen molar-refractivity contribution in [1.82, 2.24) is 0 Å². The standard InChI is InChI=1S/C7H5ClINO/c8-6-3-5(10-4-11)1-2-7(6)9/h1-4H,(H,10,11). The van der Waals surface area contributed by atoms with Gasteiger partial charge in [-0.15, -0.1) is 0 Å². The van der Waals surface area contributed by atoms with Crippen LogP contribution in [0.5, 0.6) is 0 Å². The van der Waals surface area contributed by atoms with Gasteiger partial charge in [-0.1, -0.05) is 11.6 Å². The molecular formula is C7H5ClINO. The minimum Gasteiger partial charge on any atom is -0.329 e. The van der Waals surface area contributed by atoms with Gasteiger partial charge in [0.25, 0.3) is 0 Å². The molecule has 0 bridgehead atoms. The Balaban J connectivity index is 2.95. The highest BCUT2D eigenvalue weighted by atomic mass is 127. The highest BCUT2D eigenvalue weighted by Gasteiger charge is 1.96. The predicted octanol–water partition coefficient (Wildman–Crippen LogP) is 2.51. The molecular weight excluding hydrogens is 276 g/mol. The average molecular weight is 281 g/mol. The normalized spacial score (nSPS) is 9.27. The first-order valence-corrected chi connectivity index (χ1v) is 4.35. The number of amides is 1. The van der Waals surface area contributed by atoms with Crippen LogP contribution < -0.4 is 5.32 Å². The molecule has 0 aromatic heterocycles. The van der Waals surface area contributed by atoms with Gasteiger partial charge in [-0.2, -0.15) is 0 Å². The number of carbonyl (C=O) groups is 1. The molecule has 0 saturated heterocycles. The van der Waals surface area contributed by atoms with E-state index in [2.05, 4.69) is 27.9 Å². The number of carbonyl (C=O) groups excluding carboxylic acids is 1. The largest absolute Gasteiger partial charge is 0.329 e. The van der Waals surface area contributed by atoms with Crippen LogP contribution in [-0.4, -0.2) is 6.41 Å². The number of nitrogens with one attached hydrogen (secondary N) is 1. The van der Waals surface area contributed by atoms with Crippen LogP contribution in [0.4, 0.5) is 5.69 Å². The summed E-state index contributed by atoms with van der Waals surface area (Å²) < 4.78 is 0.973. The minimum atomic E-state index is 0.624. The first-order valence-electron chi connectivity index (χ1n) is 2.89. The molecule has 1 rings (SSSR count). The summed E-state index contributed by atoms with van der Waals surface area (Å²) in [6.45, 7) is 0. The van der Waals surface area contributed by atoms with E-state index in [-0.39, 0.29) is 0 Å². The Morgan fingerprint density at radius 2 is 2.27 bits per heavy atom. The molecule has 2 nitrogen and oxygen atoms in total. The molecule has 0 aliphatic rings. The molecule has 11 heavy (non-hydrogen) atoms. The van der Waals surface area contributed by atoms with Crippen molar-refractivity contribution in [2.24, 2.45) is 0 Å². The number of hydrogen-bond acceptors (Lipinski definition) is 1. The Morgan fingerprint density at radius 3 is 2.82 bits per heavy atom. The van der Waals surface area contributed by atoms with Crippen LogP contribution >= 0.6 is 34.2 Å². The summed E-state index contributed by atoms with van der Waals surface area (Å²) in [4.78, 5) is 10.0. The number of benzene rings is 1. The smallest absolute Gasteiger partial charge is 0.211 e. The van der Waals surface area contributed by atoms with Gasteiger partial charge in [0, 0.05) is 9.26 Å². The molecule has 0 saturated carbocycles. The highest BCUT2D eigenvalue weighted by Crippen LogP contribution is 2.21. The van der Waals surface area contributed by atoms with Crippen LogP contribution in [0.25, 0.3) is 0 Å². The van der Waals surface area contributed by atoms with Crippen LogP contribution in [0.1, 0.15) is 0 Å². The second-order valence-electron chi connectivity index (χ2n) is 1.89. The first-order chi connectivity index (χ1) is 5.24. The first kappa shape index (κ1) is 8.80. The summed E-state index contributed by atoms with van der Waals surface area (Å²) in [5.41, 5.74) is 0.713. The van der Waals surface area contributed by atoms with E-state index in [0.717, 1.165) is 3.57 Å². The van der Waals surface area contributed by atoms with E-state index in [0.29, 0.717) is 17.1 Å². The van der Waals surface area contributed by atoms with Crippen LogP contribution in [-0.2, 0) is 4.79 Å². The quantitative estimate of drug-likeness (QED) is 0.655. The molecule has 0 heterocycles. The molecule has 0 spiro atoms. The third-order valence-electron chi connectivity index (χ3n) is 1.15. The zero-order valence-corrected chi connectivity index (χ0v) is 8.39. The predicted molar refractivity (Wildman–Crippen MR) is 53.9 cm³/mol. The molecule has 0 radical (unpaired) electrons. The molecule has 1 aromatic rings. The SMILES string of the molecule is O=CNc1ccc(I)c(Cl)c1.